The molecule has 0 bridgehead atoms. The van der Waals surface area contributed by atoms with Crippen LogP contribution in [-0.2, 0) is 0 Å². The lowest BCUT2D eigenvalue weighted by Gasteiger charge is -2.19. The molecule has 0 amide bonds. The summed E-state index contributed by atoms with van der Waals surface area (Å²) in [6, 6.07) is 30.6. The number of hydrogen-bond acceptors (Lipinski definition) is 2. The first kappa shape index (κ1) is 21.8. The number of fused-ring (bicyclic) bond motifs is 4. The van der Waals surface area contributed by atoms with Gasteiger partial charge in [0.2, 0.25) is 0 Å². The second-order valence-corrected chi connectivity index (χ2v) is 15.8. The third-order valence-electron chi connectivity index (χ3n) is 6.89. The number of para-hydroxylation sites is 2. The molecular formula is C32H29NOSi. The second kappa shape index (κ2) is 7.93. The third-order valence-corrected chi connectivity index (χ3v) is 8.93. The van der Waals surface area contributed by atoms with Gasteiger partial charge in [0.25, 0.3) is 0 Å². The summed E-state index contributed by atoms with van der Waals surface area (Å²) in [5.41, 5.74) is 9.81. The Bertz CT molecular complexity index is 1730. The molecule has 172 valence electrons. The minimum absolute atomic E-state index is 0.922. The van der Waals surface area contributed by atoms with Crippen molar-refractivity contribution in [1.29, 1.82) is 0 Å². The Labute approximate surface area is 207 Å². The highest BCUT2D eigenvalue weighted by atomic mass is 28.3. The van der Waals surface area contributed by atoms with Crippen LogP contribution < -0.4 is 5.19 Å². The van der Waals surface area contributed by atoms with Gasteiger partial charge in [-0.05, 0) is 49.7 Å². The first-order chi connectivity index (χ1) is 16.8. The Morgan fingerprint density at radius 1 is 0.657 bits per heavy atom. The van der Waals surface area contributed by atoms with Gasteiger partial charge in [0, 0.05) is 27.3 Å². The topological polar surface area (TPSA) is 26.0 Å². The minimum atomic E-state index is -1.50. The highest BCUT2D eigenvalue weighted by molar-refractivity contribution is 6.88. The lowest BCUT2D eigenvalue weighted by atomic mass is 9.96. The molecule has 0 aliphatic rings. The molecule has 0 radical (unpaired) electrons. The molecule has 0 aliphatic heterocycles. The van der Waals surface area contributed by atoms with Gasteiger partial charge in [-0.15, -0.1) is 0 Å². The predicted molar refractivity (Wildman–Crippen MR) is 152 cm³/mol. The van der Waals surface area contributed by atoms with E-state index >= 15 is 0 Å². The van der Waals surface area contributed by atoms with Gasteiger partial charge >= 0.3 is 0 Å². The minimum Gasteiger partial charge on any atom is -0.455 e. The van der Waals surface area contributed by atoms with Crippen molar-refractivity contribution in [2.75, 3.05) is 0 Å². The zero-order valence-corrected chi connectivity index (χ0v) is 21.9. The largest absolute Gasteiger partial charge is 0.455 e. The standard InChI is InChI=1S/C32H29NOSi/c1-20-15-21(2)17-22(16-20)30-19-27(28-18-23(35(3,4)5)13-14-29(28)33-30)26-11-8-10-25-24-9-6-7-12-31(24)34-32(25)26/h6-19H,1-5H3. The number of aryl methyl sites for hydroxylation is 2. The molecule has 6 aromatic rings. The van der Waals surface area contributed by atoms with E-state index in [1.165, 1.54) is 27.3 Å². The van der Waals surface area contributed by atoms with E-state index in [1.807, 2.05) is 12.1 Å². The summed E-state index contributed by atoms with van der Waals surface area (Å²) in [6.45, 7) is 11.5. The monoisotopic (exact) mass is 471 g/mol. The van der Waals surface area contributed by atoms with E-state index in [1.54, 1.807) is 0 Å². The van der Waals surface area contributed by atoms with E-state index in [0.29, 0.717) is 0 Å². The lowest BCUT2D eigenvalue weighted by Crippen LogP contribution is -2.37. The van der Waals surface area contributed by atoms with Crippen molar-refractivity contribution in [3.63, 3.8) is 0 Å². The van der Waals surface area contributed by atoms with E-state index in [9.17, 15) is 0 Å². The normalized spacial score (nSPS) is 12.1. The molecule has 0 fully saturated rings. The molecule has 2 heterocycles. The molecule has 0 unspecified atom stereocenters. The predicted octanol–water partition coefficient (Wildman–Crippen LogP) is 8.63. The molecule has 0 saturated carbocycles. The molecule has 2 nitrogen and oxygen atoms in total. The molecule has 35 heavy (non-hydrogen) atoms. The molecule has 0 N–H and O–H groups in total. The van der Waals surface area contributed by atoms with Crippen LogP contribution >= 0.6 is 0 Å². The zero-order chi connectivity index (χ0) is 24.3. The van der Waals surface area contributed by atoms with Gasteiger partial charge in [0.1, 0.15) is 11.2 Å². The molecule has 2 aromatic heterocycles. The number of aromatic nitrogens is 1. The van der Waals surface area contributed by atoms with Crippen LogP contribution in [0, 0.1) is 13.8 Å². The van der Waals surface area contributed by atoms with E-state index in [-0.39, 0.29) is 0 Å². The van der Waals surface area contributed by atoms with Crippen LogP contribution in [-0.4, -0.2) is 13.1 Å². The first-order valence-corrected chi connectivity index (χ1v) is 15.7. The molecule has 0 aliphatic carbocycles. The van der Waals surface area contributed by atoms with Gasteiger partial charge in [-0.2, -0.15) is 0 Å². The maximum absolute atomic E-state index is 6.46. The van der Waals surface area contributed by atoms with E-state index in [4.69, 9.17) is 9.40 Å². The van der Waals surface area contributed by atoms with Gasteiger partial charge < -0.3 is 4.42 Å². The number of pyridine rings is 1. The van der Waals surface area contributed by atoms with Crippen molar-refractivity contribution in [2.24, 2.45) is 0 Å². The Hall–Kier alpha value is -3.69. The quantitative estimate of drug-likeness (QED) is 0.241. The molecule has 4 aromatic carbocycles. The summed E-state index contributed by atoms with van der Waals surface area (Å²) in [7, 11) is -1.50. The number of furan rings is 1. The van der Waals surface area contributed by atoms with Crippen molar-refractivity contribution in [2.45, 2.75) is 33.5 Å². The Kier molecular flexibility index (Phi) is 4.94. The van der Waals surface area contributed by atoms with Crippen molar-refractivity contribution < 1.29 is 4.42 Å². The van der Waals surface area contributed by atoms with Gasteiger partial charge in [-0.25, -0.2) is 4.98 Å². The van der Waals surface area contributed by atoms with E-state index in [0.717, 1.165) is 44.3 Å². The van der Waals surface area contributed by atoms with Crippen LogP contribution in [0.5, 0.6) is 0 Å². The van der Waals surface area contributed by atoms with Crippen LogP contribution in [0.25, 0.3) is 55.2 Å². The highest BCUT2D eigenvalue weighted by Gasteiger charge is 2.20. The molecule has 3 heteroatoms. The van der Waals surface area contributed by atoms with Gasteiger partial charge in [0.05, 0.1) is 19.3 Å². The van der Waals surface area contributed by atoms with Gasteiger partial charge in [-0.1, -0.05) is 90.6 Å². The summed E-state index contributed by atoms with van der Waals surface area (Å²) in [5.74, 6) is 0. The van der Waals surface area contributed by atoms with Crippen LogP contribution in [0.15, 0.2) is 89.3 Å². The maximum Gasteiger partial charge on any atom is 0.143 e. The van der Waals surface area contributed by atoms with Gasteiger partial charge in [0.15, 0.2) is 0 Å². The van der Waals surface area contributed by atoms with Crippen molar-refractivity contribution in [3.05, 3.63) is 96.1 Å². The first-order valence-electron chi connectivity index (χ1n) is 12.2. The maximum atomic E-state index is 6.46. The average Bonchev–Trinajstić information content (AvgIpc) is 3.21. The van der Waals surface area contributed by atoms with E-state index < -0.39 is 8.07 Å². The number of nitrogens with zero attached hydrogens (tertiary/aromatic N) is 1. The highest BCUT2D eigenvalue weighted by Crippen LogP contribution is 2.39. The number of benzene rings is 4. The summed E-state index contributed by atoms with van der Waals surface area (Å²) < 4.78 is 6.46. The summed E-state index contributed by atoms with van der Waals surface area (Å²) in [4.78, 5) is 5.14. The Morgan fingerprint density at radius 3 is 2.17 bits per heavy atom. The number of hydrogen-bond donors (Lipinski definition) is 0. The van der Waals surface area contributed by atoms with Crippen LogP contribution in [0.4, 0.5) is 0 Å². The zero-order valence-electron chi connectivity index (χ0n) is 20.9. The average molecular weight is 472 g/mol. The summed E-state index contributed by atoms with van der Waals surface area (Å²) in [6.07, 6.45) is 0. The van der Waals surface area contributed by atoms with Crippen molar-refractivity contribution >= 4 is 46.1 Å². The fourth-order valence-electron chi connectivity index (χ4n) is 5.14. The fourth-order valence-corrected chi connectivity index (χ4v) is 6.31. The fraction of sp³-hybridized carbons (Fsp3) is 0.156. The molecule has 0 spiro atoms. The van der Waals surface area contributed by atoms with E-state index in [2.05, 4.69) is 106 Å². The van der Waals surface area contributed by atoms with Gasteiger partial charge in [-0.3, -0.25) is 0 Å². The Morgan fingerprint density at radius 2 is 1.40 bits per heavy atom. The smallest absolute Gasteiger partial charge is 0.143 e. The lowest BCUT2D eigenvalue weighted by molar-refractivity contribution is 0.670. The Balaban J connectivity index is 1.71. The van der Waals surface area contributed by atoms with Crippen LogP contribution in [0.1, 0.15) is 11.1 Å². The van der Waals surface area contributed by atoms with Crippen LogP contribution in [0.2, 0.25) is 19.6 Å². The van der Waals surface area contributed by atoms with Crippen molar-refractivity contribution in [3.8, 4) is 22.4 Å². The second-order valence-electron chi connectivity index (χ2n) is 10.7. The SMILES string of the molecule is Cc1cc(C)cc(-c2cc(-c3cccc4c3oc3ccccc34)c3cc([Si](C)(C)C)ccc3n2)c1. The van der Waals surface area contributed by atoms with Crippen molar-refractivity contribution in [1.82, 2.24) is 4.98 Å². The van der Waals surface area contributed by atoms with Crippen LogP contribution in [0.3, 0.4) is 0 Å². The summed E-state index contributed by atoms with van der Waals surface area (Å²) >= 11 is 0. The molecule has 6 rings (SSSR count). The molecule has 0 atom stereocenters. The summed E-state index contributed by atoms with van der Waals surface area (Å²) in [5, 5.41) is 4.92. The third kappa shape index (κ3) is 3.77. The molecular weight excluding hydrogens is 442 g/mol. The molecule has 0 saturated heterocycles. The number of rotatable bonds is 3.